The van der Waals surface area contributed by atoms with E-state index in [-0.39, 0.29) is 11.6 Å². The van der Waals surface area contributed by atoms with Crippen LogP contribution in [-0.4, -0.2) is 18.5 Å². The Morgan fingerprint density at radius 2 is 1.96 bits per heavy atom. The Balaban J connectivity index is 1.90. The van der Waals surface area contributed by atoms with Gasteiger partial charge in [-0.2, -0.15) is 5.26 Å². The zero-order chi connectivity index (χ0) is 18.4. The van der Waals surface area contributed by atoms with E-state index < -0.39 is 18.5 Å². The minimum atomic E-state index is -0.672. The summed E-state index contributed by atoms with van der Waals surface area (Å²) < 4.78 is 4.96. The maximum Gasteiger partial charge on any atom is 0.338 e. The molecule has 0 fully saturated rings. The van der Waals surface area contributed by atoms with Gasteiger partial charge in [-0.15, -0.1) is 0 Å². The van der Waals surface area contributed by atoms with Crippen molar-refractivity contribution < 1.29 is 14.3 Å². The first kappa shape index (κ1) is 18.8. The zero-order valence-corrected chi connectivity index (χ0v) is 14.8. The summed E-state index contributed by atoms with van der Waals surface area (Å²) in [5, 5.41) is 12.3. The van der Waals surface area contributed by atoms with Crippen LogP contribution in [0, 0.1) is 11.3 Å². The van der Waals surface area contributed by atoms with Crippen LogP contribution in [0.1, 0.15) is 34.5 Å². The predicted molar refractivity (Wildman–Crippen MR) is 94.5 cm³/mol. The van der Waals surface area contributed by atoms with Crippen LogP contribution in [0.3, 0.4) is 0 Å². The van der Waals surface area contributed by atoms with Crippen LogP contribution < -0.4 is 5.32 Å². The van der Waals surface area contributed by atoms with Crippen LogP contribution in [-0.2, 0) is 9.53 Å². The van der Waals surface area contributed by atoms with Crippen molar-refractivity contribution in [2.24, 2.45) is 0 Å². The summed E-state index contributed by atoms with van der Waals surface area (Å²) >= 11 is 11.8. The van der Waals surface area contributed by atoms with Crippen molar-refractivity contribution in [1.29, 1.82) is 5.26 Å². The first-order valence-electron chi connectivity index (χ1n) is 7.32. The second kappa shape index (κ2) is 8.52. The van der Waals surface area contributed by atoms with Gasteiger partial charge in [0.1, 0.15) is 0 Å². The number of nitrogens with one attached hydrogen (secondary N) is 1. The Hall–Kier alpha value is -2.55. The molecule has 0 aliphatic rings. The van der Waals surface area contributed by atoms with Crippen LogP contribution in [0.15, 0.2) is 42.5 Å². The molecule has 2 aromatic rings. The van der Waals surface area contributed by atoms with Gasteiger partial charge in [-0.05, 0) is 42.8 Å². The van der Waals surface area contributed by atoms with E-state index in [1.54, 1.807) is 37.3 Å². The largest absolute Gasteiger partial charge is 0.452 e. The van der Waals surface area contributed by atoms with Gasteiger partial charge in [0.05, 0.1) is 33.3 Å². The van der Waals surface area contributed by atoms with E-state index >= 15 is 0 Å². The topological polar surface area (TPSA) is 79.2 Å². The molecule has 0 heterocycles. The van der Waals surface area contributed by atoms with Crippen LogP contribution in [0.5, 0.6) is 0 Å². The van der Waals surface area contributed by atoms with Gasteiger partial charge < -0.3 is 10.1 Å². The molecule has 0 bridgehead atoms. The molecule has 1 N–H and O–H groups in total. The molecule has 25 heavy (non-hydrogen) atoms. The molecule has 0 saturated heterocycles. The summed E-state index contributed by atoms with van der Waals surface area (Å²) in [7, 11) is 0. The van der Waals surface area contributed by atoms with Crippen molar-refractivity contribution in [2.45, 2.75) is 13.0 Å². The summed E-state index contributed by atoms with van der Waals surface area (Å²) in [5.41, 5.74) is 1.33. The number of ether oxygens (including phenoxy) is 1. The average Bonchev–Trinajstić information content (AvgIpc) is 2.61. The minimum absolute atomic E-state index is 0.212. The van der Waals surface area contributed by atoms with Crippen molar-refractivity contribution in [1.82, 2.24) is 5.32 Å². The fourth-order valence-electron chi connectivity index (χ4n) is 2.08. The summed E-state index contributed by atoms with van der Waals surface area (Å²) in [6, 6.07) is 12.7. The number of halogens is 2. The fourth-order valence-corrected chi connectivity index (χ4v) is 2.38. The molecule has 0 aromatic heterocycles. The average molecular weight is 377 g/mol. The molecule has 0 spiro atoms. The molecule has 1 atom stereocenters. The third-order valence-electron chi connectivity index (χ3n) is 3.38. The number of nitriles is 1. The van der Waals surface area contributed by atoms with Gasteiger partial charge in [0.25, 0.3) is 5.91 Å². The van der Waals surface area contributed by atoms with Crippen molar-refractivity contribution in [2.75, 3.05) is 6.61 Å². The first-order chi connectivity index (χ1) is 11.9. The van der Waals surface area contributed by atoms with Gasteiger partial charge in [-0.25, -0.2) is 4.79 Å². The standard InChI is InChI=1S/C18H14Cl2N2O3/c1-11(13-5-6-15(19)16(20)8-13)22-17(23)10-25-18(24)14-4-2-3-12(7-14)9-21/h2-8,11H,10H2,1H3,(H,22,23). The SMILES string of the molecule is CC(NC(=O)COC(=O)c1cccc(C#N)c1)c1ccc(Cl)c(Cl)c1. The number of nitrogens with zero attached hydrogens (tertiary/aromatic N) is 1. The fraction of sp³-hybridized carbons (Fsp3) is 0.167. The lowest BCUT2D eigenvalue weighted by Gasteiger charge is -2.15. The second-order valence-electron chi connectivity index (χ2n) is 5.23. The van der Waals surface area contributed by atoms with Gasteiger partial charge in [-0.3, -0.25) is 4.79 Å². The smallest absolute Gasteiger partial charge is 0.338 e. The van der Waals surface area contributed by atoms with E-state index in [2.05, 4.69) is 5.32 Å². The Morgan fingerprint density at radius 3 is 2.64 bits per heavy atom. The molecule has 0 aliphatic heterocycles. The van der Waals surface area contributed by atoms with Gasteiger partial charge >= 0.3 is 5.97 Å². The Kier molecular flexibility index (Phi) is 6.40. The van der Waals surface area contributed by atoms with Gasteiger partial charge in [-0.1, -0.05) is 35.3 Å². The Morgan fingerprint density at radius 1 is 1.20 bits per heavy atom. The molecule has 5 nitrogen and oxygen atoms in total. The summed E-state index contributed by atoms with van der Waals surface area (Å²) in [6.45, 7) is 1.34. The van der Waals surface area contributed by atoms with Gasteiger partial charge in [0.2, 0.25) is 0 Å². The summed E-state index contributed by atoms with van der Waals surface area (Å²) in [4.78, 5) is 23.8. The van der Waals surface area contributed by atoms with E-state index in [1.165, 1.54) is 12.1 Å². The molecular formula is C18H14Cl2N2O3. The van der Waals surface area contributed by atoms with Crippen molar-refractivity contribution in [3.63, 3.8) is 0 Å². The van der Waals surface area contributed by atoms with E-state index in [0.717, 1.165) is 5.56 Å². The molecule has 1 amide bonds. The maximum atomic E-state index is 11.9. The van der Waals surface area contributed by atoms with E-state index in [0.29, 0.717) is 15.6 Å². The monoisotopic (exact) mass is 376 g/mol. The second-order valence-corrected chi connectivity index (χ2v) is 6.05. The summed E-state index contributed by atoms with van der Waals surface area (Å²) in [5.74, 6) is -1.13. The number of esters is 1. The molecule has 1 unspecified atom stereocenters. The van der Waals surface area contributed by atoms with E-state index in [9.17, 15) is 9.59 Å². The highest BCUT2D eigenvalue weighted by Gasteiger charge is 2.14. The number of benzene rings is 2. The van der Waals surface area contributed by atoms with Crippen LogP contribution in [0.2, 0.25) is 10.0 Å². The van der Waals surface area contributed by atoms with Gasteiger partial charge in [0, 0.05) is 0 Å². The number of amides is 1. The lowest BCUT2D eigenvalue weighted by molar-refractivity contribution is -0.124. The maximum absolute atomic E-state index is 11.9. The van der Waals surface area contributed by atoms with Crippen molar-refractivity contribution in [3.05, 3.63) is 69.2 Å². The summed E-state index contributed by atoms with van der Waals surface area (Å²) in [6.07, 6.45) is 0. The number of carbonyl (C=O) groups excluding carboxylic acids is 2. The molecule has 0 radical (unpaired) electrons. The normalized spacial score (nSPS) is 11.3. The predicted octanol–water partition coefficient (Wildman–Crippen LogP) is 3.90. The number of rotatable bonds is 5. The number of carbonyl (C=O) groups is 2. The van der Waals surface area contributed by atoms with Crippen LogP contribution >= 0.6 is 23.2 Å². The zero-order valence-electron chi connectivity index (χ0n) is 13.3. The molecule has 2 rings (SSSR count). The highest BCUT2D eigenvalue weighted by atomic mass is 35.5. The molecule has 2 aromatic carbocycles. The first-order valence-corrected chi connectivity index (χ1v) is 8.08. The molecule has 0 saturated carbocycles. The molecule has 0 aliphatic carbocycles. The van der Waals surface area contributed by atoms with E-state index in [4.69, 9.17) is 33.2 Å². The highest BCUT2D eigenvalue weighted by Crippen LogP contribution is 2.25. The molecular weight excluding hydrogens is 363 g/mol. The van der Waals surface area contributed by atoms with Crippen LogP contribution in [0.4, 0.5) is 0 Å². The third kappa shape index (κ3) is 5.21. The highest BCUT2D eigenvalue weighted by molar-refractivity contribution is 6.42. The number of hydrogen-bond donors (Lipinski definition) is 1. The van der Waals surface area contributed by atoms with Crippen molar-refractivity contribution in [3.8, 4) is 6.07 Å². The lowest BCUT2D eigenvalue weighted by Crippen LogP contribution is -2.31. The van der Waals surface area contributed by atoms with Crippen molar-refractivity contribution >= 4 is 35.1 Å². The third-order valence-corrected chi connectivity index (χ3v) is 4.12. The Bertz CT molecular complexity index is 846. The Labute approximate surface area is 155 Å². The lowest BCUT2D eigenvalue weighted by atomic mass is 10.1. The molecule has 128 valence electrons. The van der Waals surface area contributed by atoms with E-state index in [1.807, 2.05) is 6.07 Å². The van der Waals surface area contributed by atoms with Gasteiger partial charge in [0.15, 0.2) is 6.61 Å². The quantitative estimate of drug-likeness (QED) is 0.802. The minimum Gasteiger partial charge on any atom is -0.452 e. The molecule has 7 heteroatoms. The van der Waals surface area contributed by atoms with Crippen LogP contribution in [0.25, 0.3) is 0 Å². The number of hydrogen-bond acceptors (Lipinski definition) is 4.